The Bertz CT molecular complexity index is 771. The Morgan fingerprint density at radius 2 is 1.85 bits per heavy atom. The molecule has 0 spiro atoms. The number of fused-ring (bicyclic) bond motifs is 1. The highest BCUT2D eigenvalue weighted by Crippen LogP contribution is 2.28. The number of hydrogen-bond donors (Lipinski definition) is 0. The van der Waals surface area contributed by atoms with Crippen LogP contribution in [0.1, 0.15) is 24.1 Å². The first-order valence-electron chi connectivity index (χ1n) is 9.58. The maximum absolute atomic E-state index is 13.1. The molecule has 1 saturated heterocycles. The van der Waals surface area contributed by atoms with Crippen LogP contribution in [0.2, 0.25) is 0 Å². The lowest BCUT2D eigenvalue weighted by molar-refractivity contribution is -0.135. The molecule has 2 aliphatic rings. The summed E-state index contributed by atoms with van der Waals surface area (Å²) in [7, 11) is 2.11. The zero-order valence-corrected chi connectivity index (χ0v) is 15.4. The maximum atomic E-state index is 13.1. The Kier molecular flexibility index (Phi) is 4.98. The first kappa shape index (κ1) is 17.2. The lowest BCUT2D eigenvalue weighted by Crippen LogP contribution is -2.42. The molecule has 0 N–H and O–H groups in total. The number of rotatable bonds is 2. The molecule has 4 rings (SSSR count). The zero-order valence-electron chi connectivity index (χ0n) is 15.4. The molecule has 1 fully saturated rings. The quantitative estimate of drug-likeness (QED) is 0.835. The highest BCUT2D eigenvalue weighted by molar-refractivity contribution is 5.80. The molecule has 1 atom stereocenters. The average Bonchev–Trinajstić information content (AvgIpc) is 3.19. The van der Waals surface area contributed by atoms with E-state index >= 15 is 0 Å². The zero-order chi connectivity index (χ0) is 17.9. The van der Waals surface area contributed by atoms with Crippen molar-refractivity contribution in [3.63, 3.8) is 0 Å². The summed E-state index contributed by atoms with van der Waals surface area (Å²) in [6, 6.07) is 10.3. The Morgan fingerprint density at radius 1 is 1.08 bits per heavy atom. The molecule has 136 valence electrons. The van der Waals surface area contributed by atoms with Crippen molar-refractivity contribution in [3.05, 3.63) is 47.9 Å². The van der Waals surface area contributed by atoms with Crippen molar-refractivity contribution in [2.24, 2.45) is 5.92 Å². The van der Waals surface area contributed by atoms with Gasteiger partial charge in [0.2, 0.25) is 5.91 Å². The predicted molar refractivity (Wildman–Crippen MR) is 102 cm³/mol. The minimum absolute atomic E-state index is 0.0226. The number of likely N-dealkylation sites (N-methyl/N-ethyl adjacent to an activating group) is 1. The van der Waals surface area contributed by atoms with Crippen molar-refractivity contribution in [1.29, 1.82) is 0 Å². The van der Waals surface area contributed by atoms with Gasteiger partial charge in [0, 0.05) is 49.4 Å². The van der Waals surface area contributed by atoms with E-state index in [4.69, 9.17) is 0 Å². The molecule has 0 bridgehead atoms. The Balaban J connectivity index is 1.71. The van der Waals surface area contributed by atoms with E-state index in [1.54, 1.807) is 6.33 Å². The van der Waals surface area contributed by atoms with Crippen molar-refractivity contribution in [2.75, 3.05) is 33.2 Å². The normalized spacial score (nSPS) is 21.1. The van der Waals surface area contributed by atoms with Crippen LogP contribution in [0.5, 0.6) is 0 Å². The van der Waals surface area contributed by atoms with Gasteiger partial charge in [0.25, 0.3) is 0 Å². The second-order valence-electron chi connectivity index (χ2n) is 7.46. The van der Waals surface area contributed by atoms with Gasteiger partial charge in [-0.25, -0.2) is 9.97 Å². The summed E-state index contributed by atoms with van der Waals surface area (Å²) < 4.78 is 0. The van der Waals surface area contributed by atoms with E-state index in [0.717, 1.165) is 74.4 Å². The molecule has 1 aromatic carbocycles. The van der Waals surface area contributed by atoms with Gasteiger partial charge in [0.05, 0.1) is 11.6 Å². The molecular weight excluding hydrogens is 324 g/mol. The van der Waals surface area contributed by atoms with Crippen molar-refractivity contribution in [3.8, 4) is 11.3 Å². The third kappa shape index (κ3) is 3.49. The summed E-state index contributed by atoms with van der Waals surface area (Å²) in [5.41, 5.74) is 4.33. The molecule has 1 unspecified atom stereocenters. The third-order valence-electron chi connectivity index (χ3n) is 5.56. The van der Waals surface area contributed by atoms with Crippen molar-refractivity contribution < 1.29 is 4.79 Å². The van der Waals surface area contributed by atoms with Gasteiger partial charge in [0.1, 0.15) is 6.33 Å². The van der Waals surface area contributed by atoms with Gasteiger partial charge in [-0.1, -0.05) is 30.3 Å². The predicted octanol–water partition coefficient (Wildman–Crippen LogP) is 2.41. The van der Waals surface area contributed by atoms with E-state index in [2.05, 4.69) is 34.0 Å². The van der Waals surface area contributed by atoms with Crippen LogP contribution in [0.15, 0.2) is 36.7 Å². The van der Waals surface area contributed by atoms with Crippen LogP contribution in [-0.2, 0) is 17.6 Å². The second-order valence-corrected chi connectivity index (χ2v) is 7.46. The van der Waals surface area contributed by atoms with Gasteiger partial charge in [-0.15, -0.1) is 0 Å². The van der Waals surface area contributed by atoms with Gasteiger partial charge in [0.15, 0.2) is 0 Å². The highest BCUT2D eigenvalue weighted by Gasteiger charge is 2.31. The molecule has 1 amide bonds. The fourth-order valence-electron chi connectivity index (χ4n) is 4.16. The molecular formula is C21H26N4O. The smallest absolute Gasteiger partial charge is 0.227 e. The molecule has 2 aliphatic heterocycles. The fourth-order valence-corrected chi connectivity index (χ4v) is 4.16. The number of nitrogens with zero attached hydrogens (tertiary/aromatic N) is 4. The van der Waals surface area contributed by atoms with Crippen LogP contribution < -0.4 is 0 Å². The Morgan fingerprint density at radius 3 is 2.62 bits per heavy atom. The largest absolute Gasteiger partial charge is 0.342 e. The molecule has 1 aromatic heterocycles. The van der Waals surface area contributed by atoms with Crippen molar-refractivity contribution >= 4 is 5.91 Å². The average molecular weight is 350 g/mol. The highest BCUT2D eigenvalue weighted by atomic mass is 16.2. The summed E-state index contributed by atoms with van der Waals surface area (Å²) in [5, 5.41) is 0. The standard InChI is InChI=1S/C21H26N4O/c1-24-12-9-19-18(13-17(14-24)21(26)25-10-5-6-11-25)20(23-15-22-19)16-7-3-2-4-8-16/h2-4,7-8,15,17H,5-6,9-14H2,1H3. The number of amides is 1. The van der Waals surface area contributed by atoms with E-state index in [1.165, 1.54) is 0 Å². The minimum atomic E-state index is -0.0226. The van der Waals surface area contributed by atoms with Crippen molar-refractivity contribution in [2.45, 2.75) is 25.7 Å². The van der Waals surface area contributed by atoms with Gasteiger partial charge >= 0.3 is 0 Å². The van der Waals surface area contributed by atoms with Gasteiger partial charge in [-0.3, -0.25) is 4.79 Å². The molecule has 0 aliphatic carbocycles. The van der Waals surface area contributed by atoms with Crippen LogP contribution in [0, 0.1) is 5.92 Å². The molecule has 3 heterocycles. The van der Waals surface area contributed by atoms with Crippen LogP contribution in [0.4, 0.5) is 0 Å². The third-order valence-corrected chi connectivity index (χ3v) is 5.56. The molecule has 5 heteroatoms. The van der Waals surface area contributed by atoms with E-state index in [-0.39, 0.29) is 5.92 Å². The van der Waals surface area contributed by atoms with Crippen LogP contribution in [-0.4, -0.2) is 58.9 Å². The molecule has 0 radical (unpaired) electrons. The summed E-state index contributed by atoms with van der Waals surface area (Å²) >= 11 is 0. The Labute approximate surface area is 155 Å². The number of benzene rings is 1. The summed E-state index contributed by atoms with van der Waals surface area (Å²) in [5.74, 6) is 0.274. The number of hydrogen-bond acceptors (Lipinski definition) is 4. The summed E-state index contributed by atoms with van der Waals surface area (Å²) in [4.78, 5) is 26.6. The Hall–Kier alpha value is -2.27. The number of carbonyl (C=O) groups excluding carboxylic acids is 1. The SMILES string of the molecule is CN1CCc2ncnc(-c3ccccc3)c2CC(C(=O)N2CCCC2)C1. The van der Waals surface area contributed by atoms with Crippen LogP contribution >= 0.6 is 0 Å². The number of carbonyl (C=O) groups is 1. The lowest BCUT2D eigenvalue weighted by atomic mass is 9.90. The molecule has 2 aromatic rings. The van der Waals surface area contributed by atoms with E-state index in [9.17, 15) is 4.79 Å². The summed E-state index contributed by atoms with van der Waals surface area (Å²) in [6.45, 7) is 3.53. The van der Waals surface area contributed by atoms with Gasteiger partial charge in [-0.05, 0) is 26.3 Å². The van der Waals surface area contributed by atoms with Crippen LogP contribution in [0.25, 0.3) is 11.3 Å². The number of likely N-dealkylation sites (tertiary alicyclic amines) is 1. The van der Waals surface area contributed by atoms with Crippen LogP contribution in [0.3, 0.4) is 0 Å². The monoisotopic (exact) mass is 350 g/mol. The van der Waals surface area contributed by atoms with E-state index in [1.807, 2.05) is 23.1 Å². The lowest BCUT2D eigenvalue weighted by Gasteiger charge is -2.30. The van der Waals surface area contributed by atoms with E-state index < -0.39 is 0 Å². The number of aromatic nitrogens is 2. The first-order valence-corrected chi connectivity index (χ1v) is 9.58. The fraction of sp³-hybridized carbons (Fsp3) is 0.476. The first-order chi connectivity index (χ1) is 12.7. The van der Waals surface area contributed by atoms with Crippen molar-refractivity contribution in [1.82, 2.24) is 19.8 Å². The second kappa shape index (κ2) is 7.54. The minimum Gasteiger partial charge on any atom is -0.342 e. The topological polar surface area (TPSA) is 49.3 Å². The summed E-state index contributed by atoms with van der Waals surface area (Å²) in [6.07, 6.45) is 5.55. The molecule has 5 nitrogen and oxygen atoms in total. The van der Waals surface area contributed by atoms with Gasteiger partial charge in [-0.2, -0.15) is 0 Å². The van der Waals surface area contributed by atoms with E-state index in [0.29, 0.717) is 5.91 Å². The molecule has 0 saturated carbocycles. The van der Waals surface area contributed by atoms with Gasteiger partial charge < -0.3 is 9.80 Å². The molecule has 26 heavy (non-hydrogen) atoms. The maximum Gasteiger partial charge on any atom is 0.227 e.